The van der Waals surface area contributed by atoms with Crippen LogP contribution < -0.4 is 10.1 Å². The summed E-state index contributed by atoms with van der Waals surface area (Å²) >= 11 is 0. The second-order valence-electron chi connectivity index (χ2n) is 5.32. The maximum atomic E-state index is 12.0. The molecule has 0 spiro atoms. The summed E-state index contributed by atoms with van der Waals surface area (Å²) in [6, 6.07) is 12.8. The molecule has 0 aliphatic rings. The molecule has 27 heavy (non-hydrogen) atoms. The number of benzene rings is 2. The number of anilines is 1. The molecule has 9 nitrogen and oxygen atoms in total. The Labute approximate surface area is 153 Å². The minimum Gasteiger partial charge on any atom is -0.497 e. The number of nitrogens with one attached hydrogen (secondary N) is 1. The molecular formula is C18H14N4O5. The Bertz CT molecular complexity index is 995. The van der Waals surface area contributed by atoms with Crippen molar-refractivity contribution in [3.8, 4) is 17.2 Å². The number of methoxy groups -OCH3 is 1. The Morgan fingerprint density at radius 3 is 2.70 bits per heavy atom. The molecule has 1 heterocycles. The molecule has 3 aromatic rings. The van der Waals surface area contributed by atoms with E-state index in [1.165, 1.54) is 36.4 Å². The number of carbonyl (C=O) groups is 1. The molecule has 2 aromatic carbocycles. The van der Waals surface area contributed by atoms with Gasteiger partial charge in [-0.25, -0.2) is 0 Å². The number of hydrogen-bond donors (Lipinski definition) is 1. The van der Waals surface area contributed by atoms with Gasteiger partial charge in [0.1, 0.15) is 5.75 Å². The second kappa shape index (κ2) is 7.91. The third kappa shape index (κ3) is 4.54. The van der Waals surface area contributed by atoms with E-state index in [-0.39, 0.29) is 17.6 Å². The standard InChI is InChI=1S/C18H14N4O5/c1-26-15-4-2-3-13(11-15)17-20-21-18(27-17)19-16(23)10-7-12-5-8-14(9-6-12)22(24)25/h2-11H,1H3,(H,19,21,23)/b10-7-. The lowest BCUT2D eigenvalue weighted by atomic mass is 10.2. The van der Waals surface area contributed by atoms with Crippen LogP contribution in [0, 0.1) is 10.1 Å². The fraction of sp³-hybridized carbons (Fsp3) is 0.0556. The first-order valence-electron chi connectivity index (χ1n) is 7.76. The van der Waals surface area contributed by atoms with Gasteiger partial charge in [0, 0.05) is 23.8 Å². The number of nitro groups is 1. The highest BCUT2D eigenvalue weighted by Gasteiger charge is 2.11. The van der Waals surface area contributed by atoms with Crippen LogP contribution in [-0.2, 0) is 4.79 Å². The lowest BCUT2D eigenvalue weighted by Crippen LogP contribution is -2.07. The third-order valence-electron chi connectivity index (χ3n) is 3.50. The predicted octanol–water partition coefficient (Wildman–Crippen LogP) is 3.31. The van der Waals surface area contributed by atoms with E-state index in [1.807, 2.05) is 0 Å². The number of rotatable bonds is 6. The summed E-state index contributed by atoms with van der Waals surface area (Å²) in [5, 5.41) is 20.7. The lowest BCUT2D eigenvalue weighted by Gasteiger charge is -2.00. The van der Waals surface area contributed by atoms with Gasteiger partial charge in [-0.2, -0.15) is 0 Å². The van der Waals surface area contributed by atoms with Gasteiger partial charge in [-0.05, 0) is 42.0 Å². The number of nitrogens with zero attached hydrogens (tertiary/aromatic N) is 3. The Hall–Kier alpha value is -4.01. The van der Waals surface area contributed by atoms with Crippen molar-refractivity contribution in [2.24, 2.45) is 0 Å². The minimum atomic E-state index is -0.490. The van der Waals surface area contributed by atoms with Crippen LogP contribution in [0.3, 0.4) is 0 Å². The van der Waals surface area contributed by atoms with Crippen molar-refractivity contribution in [2.75, 3.05) is 12.4 Å². The summed E-state index contributed by atoms with van der Waals surface area (Å²) in [4.78, 5) is 22.1. The molecule has 0 saturated carbocycles. The van der Waals surface area contributed by atoms with E-state index < -0.39 is 10.8 Å². The summed E-state index contributed by atoms with van der Waals surface area (Å²) in [7, 11) is 1.55. The van der Waals surface area contributed by atoms with E-state index in [9.17, 15) is 14.9 Å². The van der Waals surface area contributed by atoms with Crippen LogP contribution in [0.5, 0.6) is 5.75 Å². The van der Waals surface area contributed by atoms with Crippen LogP contribution in [0.25, 0.3) is 17.5 Å². The summed E-state index contributed by atoms with van der Waals surface area (Å²) in [5.41, 5.74) is 1.27. The fourth-order valence-corrected chi connectivity index (χ4v) is 2.17. The highest BCUT2D eigenvalue weighted by Crippen LogP contribution is 2.23. The van der Waals surface area contributed by atoms with Crippen molar-refractivity contribution in [1.82, 2.24) is 10.2 Å². The molecule has 0 bridgehead atoms. The molecule has 0 aliphatic carbocycles. The first kappa shape index (κ1) is 17.8. The van der Waals surface area contributed by atoms with Gasteiger partial charge >= 0.3 is 6.01 Å². The molecule has 0 saturated heterocycles. The van der Waals surface area contributed by atoms with E-state index in [2.05, 4.69) is 15.5 Å². The molecule has 1 aromatic heterocycles. The largest absolute Gasteiger partial charge is 0.497 e. The van der Waals surface area contributed by atoms with Crippen molar-refractivity contribution < 1.29 is 18.9 Å². The minimum absolute atomic E-state index is 0.0208. The number of amides is 1. The van der Waals surface area contributed by atoms with Crippen LogP contribution in [0.4, 0.5) is 11.7 Å². The summed E-state index contributed by atoms with van der Waals surface area (Å²) in [5.74, 6) is 0.403. The van der Waals surface area contributed by atoms with Gasteiger partial charge in [-0.1, -0.05) is 11.2 Å². The summed E-state index contributed by atoms with van der Waals surface area (Å²) < 4.78 is 10.6. The van der Waals surface area contributed by atoms with Gasteiger partial charge < -0.3 is 9.15 Å². The van der Waals surface area contributed by atoms with Crippen LogP contribution in [0.1, 0.15) is 5.56 Å². The van der Waals surface area contributed by atoms with Crippen molar-refractivity contribution in [3.63, 3.8) is 0 Å². The zero-order chi connectivity index (χ0) is 19.2. The smallest absolute Gasteiger partial charge is 0.322 e. The number of aromatic nitrogens is 2. The average Bonchev–Trinajstić information content (AvgIpc) is 3.15. The Morgan fingerprint density at radius 2 is 2.00 bits per heavy atom. The number of hydrogen-bond acceptors (Lipinski definition) is 7. The van der Waals surface area contributed by atoms with Gasteiger partial charge in [0.25, 0.3) is 11.6 Å². The monoisotopic (exact) mass is 366 g/mol. The van der Waals surface area contributed by atoms with Crippen LogP contribution in [-0.4, -0.2) is 28.1 Å². The highest BCUT2D eigenvalue weighted by atomic mass is 16.6. The number of non-ortho nitro benzene ring substituents is 1. The van der Waals surface area contributed by atoms with E-state index in [0.717, 1.165) is 0 Å². The van der Waals surface area contributed by atoms with Gasteiger partial charge in [-0.15, -0.1) is 5.10 Å². The SMILES string of the molecule is COc1cccc(-c2nnc(NC(=O)/C=C\c3ccc([N+](=O)[O-])cc3)o2)c1. The van der Waals surface area contributed by atoms with E-state index in [4.69, 9.17) is 9.15 Å². The van der Waals surface area contributed by atoms with Crippen LogP contribution in [0.15, 0.2) is 59.0 Å². The van der Waals surface area contributed by atoms with E-state index in [0.29, 0.717) is 16.9 Å². The fourth-order valence-electron chi connectivity index (χ4n) is 2.17. The van der Waals surface area contributed by atoms with Crippen LogP contribution in [0.2, 0.25) is 0 Å². The average molecular weight is 366 g/mol. The zero-order valence-corrected chi connectivity index (χ0v) is 14.2. The van der Waals surface area contributed by atoms with Crippen molar-refractivity contribution in [1.29, 1.82) is 0 Å². The van der Waals surface area contributed by atoms with Crippen molar-refractivity contribution in [2.45, 2.75) is 0 Å². The molecule has 0 aliphatic heterocycles. The molecule has 0 unspecified atom stereocenters. The number of carbonyl (C=O) groups excluding carboxylic acids is 1. The van der Waals surface area contributed by atoms with Crippen LogP contribution >= 0.6 is 0 Å². The predicted molar refractivity (Wildman–Crippen MR) is 97.0 cm³/mol. The molecule has 1 N–H and O–H groups in total. The number of ether oxygens (including phenoxy) is 1. The summed E-state index contributed by atoms with van der Waals surface area (Å²) in [6.45, 7) is 0. The van der Waals surface area contributed by atoms with Crippen molar-refractivity contribution in [3.05, 3.63) is 70.3 Å². The molecule has 0 atom stereocenters. The molecular weight excluding hydrogens is 352 g/mol. The van der Waals surface area contributed by atoms with Gasteiger partial charge in [-0.3, -0.25) is 20.2 Å². The molecule has 136 valence electrons. The van der Waals surface area contributed by atoms with E-state index in [1.54, 1.807) is 31.4 Å². The third-order valence-corrected chi connectivity index (χ3v) is 3.50. The van der Waals surface area contributed by atoms with Gasteiger partial charge in [0.05, 0.1) is 12.0 Å². The first-order chi connectivity index (χ1) is 13.0. The van der Waals surface area contributed by atoms with E-state index >= 15 is 0 Å². The quantitative estimate of drug-likeness (QED) is 0.403. The summed E-state index contributed by atoms with van der Waals surface area (Å²) in [6.07, 6.45) is 2.77. The molecule has 0 radical (unpaired) electrons. The first-order valence-corrected chi connectivity index (χ1v) is 7.76. The zero-order valence-electron chi connectivity index (χ0n) is 14.2. The number of nitro benzene ring substituents is 1. The Balaban J connectivity index is 1.64. The molecule has 0 fully saturated rings. The maximum absolute atomic E-state index is 12.0. The topological polar surface area (TPSA) is 120 Å². The second-order valence-corrected chi connectivity index (χ2v) is 5.32. The van der Waals surface area contributed by atoms with Gasteiger partial charge in [0.15, 0.2) is 0 Å². The Kier molecular flexibility index (Phi) is 5.22. The normalized spacial score (nSPS) is 10.7. The maximum Gasteiger partial charge on any atom is 0.322 e. The molecule has 9 heteroatoms. The molecule has 3 rings (SSSR count). The highest BCUT2D eigenvalue weighted by molar-refractivity contribution is 6.00. The van der Waals surface area contributed by atoms with Gasteiger partial charge in [0.2, 0.25) is 5.89 Å². The molecule has 1 amide bonds. The van der Waals surface area contributed by atoms with Crippen molar-refractivity contribution >= 4 is 23.7 Å². The Morgan fingerprint density at radius 1 is 1.22 bits per heavy atom. The lowest BCUT2D eigenvalue weighted by molar-refractivity contribution is -0.384.